The molecule has 0 N–H and O–H groups in total. The maximum absolute atomic E-state index is 2.45. The number of rotatable bonds is 7. The van der Waals surface area contributed by atoms with E-state index < -0.39 is 5.41 Å². The van der Waals surface area contributed by atoms with Gasteiger partial charge < -0.3 is 4.90 Å². The highest BCUT2D eigenvalue weighted by Gasteiger charge is 2.46. The summed E-state index contributed by atoms with van der Waals surface area (Å²) in [4.78, 5) is 2.41. The van der Waals surface area contributed by atoms with Gasteiger partial charge in [-0.15, -0.1) is 0 Å². The predicted molar refractivity (Wildman–Crippen MR) is 258 cm³/mol. The lowest BCUT2D eigenvalue weighted by Crippen LogP contribution is -2.28. The molecule has 0 radical (unpaired) electrons. The molecule has 2 aliphatic rings. The van der Waals surface area contributed by atoms with Gasteiger partial charge in [0.1, 0.15) is 0 Å². The van der Waals surface area contributed by atoms with E-state index in [0.717, 1.165) is 17.1 Å². The number of fused-ring (bicyclic) bond motifs is 4. The van der Waals surface area contributed by atoms with Gasteiger partial charge in [0.2, 0.25) is 0 Å². The molecule has 0 saturated carbocycles. The molecule has 0 spiro atoms. The average Bonchev–Trinajstić information content (AvgIpc) is 3.74. The molecular formula is C60H43N. The van der Waals surface area contributed by atoms with E-state index in [9.17, 15) is 0 Å². The molecule has 0 fully saturated rings. The third-order valence-corrected chi connectivity index (χ3v) is 13.6. The van der Waals surface area contributed by atoms with Gasteiger partial charge in [0.05, 0.1) is 5.41 Å². The molecule has 0 amide bonds. The molecule has 10 aromatic rings. The standard InChI is InChI=1S/C60H43N/c1-59(2)54-24-14-15-42-29-30-45-36-41(37-56(59)58(45)57(42)54)26-25-40-27-28-44-38-49(32-31-43(44)35-40)61(48-20-10-5-11-21-48)50-33-34-52-51-22-12-13-23-53(51)60(55(52)39-50,46-16-6-3-7-17-46)47-18-8-4-9-19-47/h3-39H,1-2H3. The van der Waals surface area contributed by atoms with Gasteiger partial charge in [-0.2, -0.15) is 0 Å². The van der Waals surface area contributed by atoms with Crippen molar-refractivity contribution in [3.05, 3.63) is 257 Å². The van der Waals surface area contributed by atoms with Gasteiger partial charge in [-0.05, 0) is 136 Å². The van der Waals surface area contributed by atoms with E-state index in [0.29, 0.717) is 0 Å². The summed E-state index contributed by atoms with van der Waals surface area (Å²) in [6.07, 6.45) is 4.54. The molecule has 0 bridgehead atoms. The molecule has 1 nitrogen and oxygen atoms in total. The zero-order valence-electron chi connectivity index (χ0n) is 34.3. The van der Waals surface area contributed by atoms with Crippen LogP contribution in [0.25, 0.3) is 55.6 Å². The minimum atomic E-state index is -0.474. The van der Waals surface area contributed by atoms with Crippen molar-refractivity contribution in [1.29, 1.82) is 0 Å². The van der Waals surface area contributed by atoms with Crippen LogP contribution >= 0.6 is 0 Å². The fourth-order valence-electron chi connectivity index (χ4n) is 10.8. The Balaban J connectivity index is 0.945. The summed E-state index contributed by atoms with van der Waals surface area (Å²) in [5.41, 5.74) is 15.8. The zero-order chi connectivity index (χ0) is 40.7. The fraction of sp³-hybridized carbons (Fsp3) is 0.0667. The van der Waals surface area contributed by atoms with Gasteiger partial charge in [0.25, 0.3) is 0 Å². The third-order valence-electron chi connectivity index (χ3n) is 13.6. The Morgan fingerprint density at radius 3 is 1.69 bits per heavy atom. The van der Waals surface area contributed by atoms with Crippen LogP contribution in [0.1, 0.15) is 58.4 Å². The smallest absolute Gasteiger partial charge is 0.0714 e. The second-order valence-electron chi connectivity index (χ2n) is 17.3. The summed E-state index contributed by atoms with van der Waals surface area (Å²) in [6.45, 7) is 4.74. The summed E-state index contributed by atoms with van der Waals surface area (Å²) in [5.74, 6) is 0. The van der Waals surface area contributed by atoms with Crippen molar-refractivity contribution >= 4 is 61.5 Å². The van der Waals surface area contributed by atoms with Crippen molar-refractivity contribution in [2.75, 3.05) is 4.90 Å². The van der Waals surface area contributed by atoms with E-state index >= 15 is 0 Å². The Hall–Kier alpha value is -7.48. The third kappa shape index (κ3) is 5.33. The molecule has 0 aromatic heterocycles. The molecule has 10 aromatic carbocycles. The minimum Gasteiger partial charge on any atom is -0.310 e. The lowest BCUT2D eigenvalue weighted by atomic mass is 9.67. The van der Waals surface area contributed by atoms with Crippen LogP contribution < -0.4 is 4.90 Å². The largest absolute Gasteiger partial charge is 0.310 e. The maximum atomic E-state index is 2.45. The van der Waals surface area contributed by atoms with E-state index in [1.54, 1.807) is 0 Å². The first-order chi connectivity index (χ1) is 30.0. The molecule has 0 unspecified atom stereocenters. The van der Waals surface area contributed by atoms with Gasteiger partial charge >= 0.3 is 0 Å². The molecular weight excluding hydrogens is 735 g/mol. The molecule has 1 heteroatoms. The first-order valence-corrected chi connectivity index (χ1v) is 21.4. The van der Waals surface area contributed by atoms with Crippen molar-refractivity contribution in [1.82, 2.24) is 0 Å². The first kappa shape index (κ1) is 35.5. The van der Waals surface area contributed by atoms with Crippen LogP contribution in [0.2, 0.25) is 0 Å². The quantitative estimate of drug-likeness (QED) is 0.115. The van der Waals surface area contributed by atoms with Gasteiger partial charge in [-0.25, -0.2) is 0 Å². The topological polar surface area (TPSA) is 3.24 Å². The summed E-state index contributed by atoms with van der Waals surface area (Å²) in [5, 5.41) is 7.90. The van der Waals surface area contributed by atoms with E-state index in [2.05, 4.69) is 243 Å². The van der Waals surface area contributed by atoms with Gasteiger partial charge in [0.15, 0.2) is 0 Å². The van der Waals surface area contributed by atoms with Crippen LogP contribution in [-0.2, 0) is 10.8 Å². The first-order valence-electron chi connectivity index (χ1n) is 21.4. The Kier molecular flexibility index (Phi) is 7.86. The van der Waals surface area contributed by atoms with Crippen LogP contribution in [0.3, 0.4) is 0 Å². The highest BCUT2D eigenvalue weighted by Crippen LogP contribution is 2.57. The lowest BCUT2D eigenvalue weighted by molar-refractivity contribution is 0.662. The molecule has 288 valence electrons. The highest BCUT2D eigenvalue weighted by atomic mass is 15.1. The minimum absolute atomic E-state index is 0.0305. The van der Waals surface area contributed by atoms with Crippen LogP contribution in [-0.4, -0.2) is 0 Å². The number of nitrogens with zero attached hydrogens (tertiary/aromatic N) is 1. The highest BCUT2D eigenvalue weighted by molar-refractivity contribution is 6.15. The Morgan fingerprint density at radius 2 is 0.902 bits per heavy atom. The predicted octanol–water partition coefficient (Wildman–Crippen LogP) is 15.8. The average molecular weight is 778 g/mol. The lowest BCUT2D eigenvalue weighted by Gasteiger charge is -2.35. The zero-order valence-corrected chi connectivity index (χ0v) is 34.3. The molecule has 0 aliphatic heterocycles. The summed E-state index contributed by atoms with van der Waals surface area (Å²) < 4.78 is 0. The van der Waals surface area contributed by atoms with Crippen LogP contribution in [0.15, 0.2) is 212 Å². The number of anilines is 3. The SMILES string of the molecule is CC1(C)c2cccc3ccc4cc(C=Cc5ccc6cc(N(c7ccccc7)c7ccc8c(c7)C(c7ccccc7)(c7ccccc7)c7ccccc7-8)ccc6c5)cc1c4c23. The summed E-state index contributed by atoms with van der Waals surface area (Å²) >= 11 is 0. The fourth-order valence-corrected chi connectivity index (χ4v) is 10.8. The maximum Gasteiger partial charge on any atom is 0.0714 e. The molecule has 2 aliphatic carbocycles. The molecule has 61 heavy (non-hydrogen) atoms. The van der Waals surface area contributed by atoms with Crippen molar-refractivity contribution in [3.63, 3.8) is 0 Å². The van der Waals surface area contributed by atoms with Crippen molar-refractivity contribution in [2.45, 2.75) is 24.7 Å². The number of benzene rings is 10. The summed E-state index contributed by atoms with van der Waals surface area (Å²) in [7, 11) is 0. The number of para-hydroxylation sites is 1. The summed E-state index contributed by atoms with van der Waals surface area (Å²) in [6, 6.07) is 78.7. The van der Waals surface area contributed by atoms with E-state index in [-0.39, 0.29) is 5.41 Å². The Labute approximate surface area is 357 Å². The molecule has 0 atom stereocenters. The van der Waals surface area contributed by atoms with E-state index in [4.69, 9.17) is 0 Å². The number of hydrogen-bond donors (Lipinski definition) is 0. The van der Waals surface area contributed by atoms with Gasteiger partial charge in [-0.1, -0.05) is 190 Å². The Bertz CT molecular complexity index is 3340. The van der Waals surface area contributed by atoms with Crippen molar-refractivity contribution < 1.29 is 0 Å². The van der Waals surface area contributed by atoms with Crippen LogP contribution in [0, 0.1) is 0 Å². The second-order valence-corrected chi connectivity index (χ2v) is 17.3. The van der Waals surface area contributed by atoms with Crippen molar-refractivity contribution in [2.24, 2.45) is 0 Å². The molecule has 12 rings (SSSR count). The monoisotopic (exact) mass is 777 g/mol. The van der Waals surface area contributed by atoms with E-state index in [1.165, 1.54) is 88.0 Å². The molecule has 0 heterocycles. The second kappa shape index (κ2) is 13.5. The Morgan fingerprint density at radius 1 is 0.344 bits per heavy atom. The van der Waals surface area contributed by atoms with Crippen LogP contribution in [0.5, 0.6) is 0 Å². The van der Waals surface area contributed by atoms with Gasteiger partial charge in [0, 0.05) is 22.5 Å². The number of hydrogen-bond acceptors (Lipinski definition) is 1. The molecule has 0 saturated heterocycles. The normalized spacial score (nSPS) is 14.3. The van der Waals surface area contributed by atoms with E-state index in [1.807, 2.05) is 0 Å². The van der Waals surface area contributed by atoms with Crippen LogP contribution in [0.4, 0.5) is 17.1 Å². The van der Waals surface area contributed by atoms with Crippen molar-refractivity contribution in [3.8, 4) is 11.1 Å². The van der Waals surface area contributed by atoms with Gasteiger partial charge in [-0.3, -0.25) is 0 Å².